The first kappa shape index (κ1) is 53.2. The van der Waals surface area contributed by atoms with E-state index in [0.29, 0.717) is 16.9 Å². The Bertz CT molecular complexity index is 5220. The van der Waals surface area contributed by atoms with Gasteiger partial charge >= 0.3 is 0 Å². The van der Waals surface area contributed by atoms with E-state index in [2.05, 4.69) is 161 Å². The van der Waals surface area contributed by atoms with Gasteiger partial charge in [-0.2, -0.15) is 5.26 Å². The van der Waals surface area contributed by atoms with Gasteiger partial charge in [0.2, 0.25) is 0 Å². The first-order chi connectivity index (χ1) is 44.4. The number of fused-ring (bicyclic) bond motifs is 6. The van der Waals surface area contributed by atoms with Gasteiger partial charge in [-0.3, -0.25) is 19.9 Å². The van der Waals surface area contributed by atoms with Crippen LogP contribution in [0.25, 0.3) is 156 Å². The Balaban J connectivity index is 1.06. The fourth-order valence-electron chi connectivity index (χ4n) is 13.1. The van der Waals surface area contributed by atoms with Crippen LogP contribution >= 0.6 is 0 Å². The van der Waals surface area contributed by atoms with E-state index in [9.17, 15) is 5.26 Å². The molecule has 0 bridgehead atoms. The Morgan fingerprint density at radius 2 is 0.567 bits per heavy atom. The topological polar surface area (TPSA) is 85.2 Å². The number of aromatic nitrogens is 6. The summed E-state index contributed by atoms with van der Waals surface area (Å²) < 4.78 is 36.1. The highest BCUT2D eigenvalue weighted by atomic mass is 19.1. The van der Waals surface area contributed by atoms with Crippen molar-refractivity contribution in [2.75, 3.05) is 0 Å². The molecule has 16 rings (SSSR count). The summed E-state index contributed by atoms with van der Waals surface area (Å²) in [5.74, 6) is -1.53. The van der Waals surface area contributed by atoms with Crippen LogP contribution in [0.5, 0.6) is 0 Å². The maximum atomic E-state index is 15.8. The maximum absolute atomic E-state index is 15.8. The average molecular weight is 1160 g/mol. The van der Waals surface area contributed by atoms with Crippen LogP contribution in [0.4, 0.5) is 8.78 Å². The molecule has 0 aliphatic carbocycles. The fraction of sp³-hybridized carbons (Fsp3) is 0. The number of benzene rings is 10. The molecule has 0 fully saturated rings. The Kier molecular flexibility index (Phi) is 13.2. The summed E-state index contributed by atoms with van der Waals surface area (Å²) in [6, 6.07) is 92.9. The molecule has 9 heteroatoms. The second-order valence-corrected chi connectivity index (χ2v) is 22.3. The van der Waals surface area contributed by atoms with Crippen molar-refractivity contribution in [1.29, 1.82) is 5.26 Å². The monoisotopic (exact) mass is 1160 g/mol. The lowest BCUT2D eigenvalue weighted by Gasteiger charge is -2.20. The van der Waals surface area contributed by atoms with Gasteiger partial charge in [-0.1, -0.05) is 194 Å². The molecule has 0 aliphatic rings. The Morgan fingerprint density at radius 3 is 0.867 bits per heavy atom. The minimum absolute atomic E-state index is 0.214. The molecule has 0 amide bonds. The van der Waals surface area contributed by atoms with E-state index in [4.69, 9.17) is 19.9 Å². The lowest BCUT2D eigenvalue weighted by atomic mass is 9.97. The largest absolute Gasteiger partial charge is 0.307 e. The highest BCUT2D eigenvalue weighted by molar-refractivity contribution is 6.14. The van der Waals surface area contributed by atoms with Crippen LogP contribution in [-0.2, 0) is 0 Å². The van der Waals surface area contributed by atoms with Gasteiger partial charge in [0.15, 0.2) is 0 Å². The molecule has 0 saturated heterocycles. The lowest BCUT2D eigenvalue weighted by molar-refractivity contribution is 0.584. The molecule has 10 aromatic carbocycles. The first-order valence-corrected chi connectivity index (χ1v) is 29.7. The van der Waals surface area contributed by atoms with E-state index in [0.717, 1.165) is 139 Å². The molecule has 16 aromatic rings. The van der Waals surface area contributed by atoms with Crippen LogP contribution < -0.4 is 0 Å². The predicted octanol–water partition coefficient (Wildman–Crippen LogP) is 20.6. The number of hydrogen-bond acceptors (Lipinski definition) is 5. The zero-order valence-corrected chi connectivity index (χ0v) is 48.2. The van der Waals surface area contributed by atoms with Crippen LogP contribution in [-0.4, -0.2) is 29.1 Å². The van der Waals surface area contributed by atoms with Crippen LogP contribution in [0.1, 0.15) is 5.56 Å². The highest BCUT2D eigenvalue weighted by Crippen LogP contribution is 2.46. The van der Waals surface area contributed by atoms with Crippen LogP contribution in [0.3, 0.4) is 0 Å². The molecule has 90 heavy (non-hydrogen) atoms. The quantitative estimate of drug-likeness (QED) is 0.129. The van der Waals surface area contributed by atoms with E-state index in [1.807, 2.05) is 134 Å². The zero-order valence-electron chi connectivity index (χ0n) is 48.2. The predicted molar refractivity (Wildman–Crippen MR) is 360 cm³/mol. The number of rotatable bonds is 11. The fourth-order valence-corrected chi connectivity index (χ4v) is 13.1. The molecule has 0 unspecified atom stereocenters. The maximum Gasteiger partial charge on any atom is 0.126 e. The average Bonchev–Trinajstić information content (AvgIpc) is 1.56. The normalized spacial score (nSPS) is 11.4. The molecular weight excluding hydrogens is 1110 g/mol. The van der Waals surface area contributed by atoms with Crippen molar-refractivity contribution in [3.8, 4) is 118 Å². The highest BCUT2D eigenvalue weighted by Gasteiger charge is 2.26. The third-order valence-electron chi connectivity index (χ3n) is 17.1. The van der Waals surface area contributed by atoms with Crippen molar-refractivity contribution >= 4 is 43.6 Å². The molecular formula is C81H49F2N7. The molecule has 0 aliphatic heterocycles. The molecule has 422 valence electrons. The van der Waals surface area contributed by atoms with E-state index < -0.39 is 11.6 Å². The van der Waals surface area contributed by atoms with Crippen molar-refractivity contribution in [2.24, 2.45) is 0 Å². The molecule has 0 saturated carbocycles. The minimum atomic E-state index is -0.764. The number of nitrogens with zero attached hydrogens (tertiary/aromatic N) is 7. The van der Waals surface area contributed by atoms with Crippen molar-refractivity contribution in [2.45, 2.75) is 0 Å². The zero-order chi connectivity index (χ0) is 60.2. The van der Waals surface area contributed by atoms with Crippen molar-refractivity contribution in [3.63, 3.8) is 0 Å². The van der Waals surface area contributed by atoms with Gasteiger partial charge in [0.25, 0.3) is 0 Å². The summed E-state index contributed by atoms with van der Waals surface area (Å²) in [5.41, 5.74) is 20.1. The van der Waals surface area contributed by atoms with E-state index in [1.54, 1.807) is 0 Å². The van der Waals surface area contributed by atoms with E-state index >= 15 is 8.78 Å². The van der Waals surface area contributed by atoms with Crippen LogP contribution in [0.15, 0.2) is 298 Å². The van der Waals surface area contributed by atoms with Crippen LogP contribution in [0, 0.1) is 23.0 Å². The van der Waals surface area contributed by atoms with E-state index in [1.165, 1.54) is 12.1 Å². The van der Waals surface area contributed by atoms with Gasteiger partial charge < -0.3 is 9.13 Å². The van der Waals surface area contributed by atoms with Gasteiger partial charge in [-0.15, -0.1) is 0 Å². The molecule has 0 atom stereocenters. The summed E-state index contributed by atoms with van der Waals surface area (Å²) in [6.07, 6.45) is 7.29. The summed E-state index contributed by atoms with van der Waals surface area (Å²) in [6.45, 7) is 0. The Hall–Kier alpha value is -12.3. The minimum Gasteiger partial charge on any atom is -0.307 e. The van der Waals surface area contributed by atoms with Gasteiger partial charge in [0.1, 0.15) is 11.6 Å². The molecule has 7 nitrogen and oxygen atoms in total. The second kappa shape index (κ2) is 22.2. The van der Waals surface area contributed by atoms with Gasteiger partial charge in [-0.05, 0) is 101 Å². The number of halogens is 2. The Morgan fingerprint density at radius 1 is 0.267 bits per heavy atom. The molecule has 6 heterocycles. The Labute approximate surface area is 517 Å². The van der Waals surface area contributed by atoms with Crippen LogP contribution in [0.2, 0.25) is 0 Å². The molecule has 0 spiro atoms. The third-order valence-corrected chi connectivity index (χ3v) is 17.1. The number of nitriles is 1. The lowest BCUT2D eigenvalue weighted by Crippen LogP contribution is -2.06. The van der Waals surface area contributed by atoms with Gasteiger partial charge in [-0.25, -0.2) is 8.78 Å². The van der Waals surface area contributed by atoms with Gasteiger partial charge in [0, 0.05) is 102 Å². The third kappa shape index (κ3) is 9.26. The van der Waals surface area contributed by atoms with Crippen molar-refractivity contribution < 1.29 is 8.78 Å². The standard InChI is InChI=1S/C81H49F2N7/c82-61-41-59(42-62(83)48-61)71-49-77(90-74-45-57(65-27-15-39-87-80(65)53-21-9-3-10-22-53)31-35-69(74)70-36-32-58(46-75(70)90)66-28-16-40-88-81(66)54-23-11-4-12-24-54)76(47-60(71)50-84)89-72-43-55(63-25-13-37-85-78(63)51-17-5-1-6-18-51)29-33-67(72)68-34-30-56(44-73(68)89)64-26-14-38-86-79(64)52-19-7-2-8-20-52/h1-49H. The van der Waals surface area contributed by atoms with E-state index in [-0.39, 0.29) is 11.1 Å². The molecule has 6 aromatic heterocycles. The van der Waals surface area contributed by atoms with Gasteiger partial charge in [0.05, 0.1) is 67.8 Å². The number of pyridine rings is 4. The number of hydrogen-bond donors (Lipinski definition) is 0. The van der Waals surface area contributed by atoms with Crippen molar-refractivity contribution in [1.82, 2.24) is 29.1 Å². The first-order valence-electron chi connectivity index (χ1n) is 29.7. The summed E-state index contributed by atoms with van der Waals surface area (Å²) in [7, 11) is 0. The summed E-state index contributed by atoms with van der Waals surface area (Å²) >= 11 is 0. The molecule has 0 radical (unpaired) electrons. The second-order valence-electron chi connectivity index (χ2n) is 22.3. The summed E-state index contributed by atoms with van der Waals surface area (Å²) in [5, 5.41) is 15.4. The van der Waals surface area contributed by atoms with Crippen molar-refractivity contribution in [3.05, 3.63) is 315 Å². The molecule has 0 N–H and O–H groups in total. The summed E-state index contributed by atoms with van der Waals surface area (Å²) in [4.78, 5) is 19.9. The smallest absolute Gasteiger partial charge is 0.126 e. The SMILES string of the molecule is N#Cc1cc(-n2c3cc(-c4cccnc4-c4ccccc4)ccc3c3ccc(-c4cccnc4-c4ccccc4)cc32)c(-n2c3cc(-c4cccnc4-c4ccccc4)ccc3c3ccc(-c4cccnc4-c4ccccc4)cc32)cc1-c1cc(F)cc(F)c1.